The largest absolute Gasteiger partial charge is 0.448 e. The summed E-state index contributed by atoms with van der Waals surface area (Å²) in [5.74, 6) is 0. The third-order valence-electron chi connectivity index (χ3n) is 1.84. The quantitative estimate of drug-likeness (QED) is 0.644. The van der Waals surface area contributed by atoms with Crippen LogP contribution in [0.4, 0.5) is 4.79 Å². The minimum Gasteiger partial charge on any atom is -0.448 e. The molecule has 6 nitrogen and oxygen atoms in total. The zero-order valence-electron chi connectivity index (χ0n) is 9.63. The molecule has 1 atom stereocenters. The second-order valence-corrected chi connectivity index (χ2v) is 5.55. The summed E-state index contributed by atoms with van der Waals surface area (Å²) in [6.07, 6.45) is -1.15. The number of hydrogen-bond donors (Lipinski definition) is 2. The van der Waals surface area contributed by atoms with Crippen LogP contribution in [0.5, 0.6) is 0 Å². The maximum atomic E-state index is 11.6. The summed E-state index contributed by atoms with van der Waals surface area (Å²) in [5, 5.41) is 0.525. The van der Waals surface area contributed by atoms with E-state index >= 15 is 0 Å². The maximum Gasteiger partial charge on any atom is 0.431 e. The van der Waals surface area contributed by atoms with E-state index in [0.29, 0.717) is 10.6 Å². The molecule has 1 aromatic carbocycles. The highest BCUT2D eigenvalue weighted by molar-refractivity contribution is 7.51. The molecule has 0 aliphatic carbocycles. The number of nitrogens with one attached hydrogen (secondary N) is 1. The monoisotopic (exact) mass is 293 g/mol. The zero-order chi connectivity index (χ0) is 13.6. The van der Waals surface area contributed by atoms with E-state index in [1.54, 1.807) is 36.7 Å². The first-order valence-corrected chi connectivity index (χ1v) is 7.24. The van der Waals surface area contributed by atoms with Crippen LogP contribution in [0.3, 0.4) is 0 Å². The molecule has 0 aliphatic heterocycles. The van der Waals surface area contributed by atoms with Gasteiger partial charge >= 0.3 is 13.7 Å². The number of amides is 1. The number of benzene rings is 1. The van der Waals surface area contributed by atoms with E-state index in [2.05, 4.69) is 9.36 Å². The number of rotatable bonds is 5. The van der Waals surface area contributed by atoms with E-state index in [1.165, 1.54) is 0 Å². The molecule has 0 saturated carbocycles. The first kappa shape index (κ1) is 15.0. The van der Waals surface area contributed by atoms with Crippen LogP contribution in [0.15, 0.2) is 24.3 Å². The molecule has 1 amide bonds. The Balaban J connectivity index is 2.51. The first-order chi connectivity index (χ1) is 8.43. The summed E-state index contributed by atoms with van der Waals surface area (Å²) in [5.41, 5.74) is 2.32. The van der Waals surface area contributed by atoms with Crippen LogP contribution >= 0.6 is 19.2 Å². The molecule has 1 unspecified atom stereocenters. The van der Waals surface area contributed by atoms with Crippen molar-refractivity contribution < 1.29 is 23.6 Å². The van der Waals surface area contributed by atoms with Gasteiger partial charge in [0, 0.05) is 5.02 Å². The Morgan fingerprint density at radius 1 is 1.44 bits per heavy atom. The molecule has 0 spiro atoms. The van der Waals surface area contributed by atoms with Gasteiger partial charge in [0.1, 0.15) is 0 Å². The lowest BCUT2D eigenvalue weighted by Crippen LogP contribution is -2.23. The number of halogens is 1. The fourth-order valence-corrected chi connectivity index (χ4v) is 2.20. The van der Waals surface area contributed by atoms with E-state index < -0.39 is 13.7 Å². The predicted octanol–water partition coefficient (Wildman–Crippen LogP) is 2.70. The minimum absolute atomic E-state index is 0.141. The molecule has 2 N–H and O–H groups in total. The summed E-state index contributed by atoms with van der Waals surface area (Å²) < 4.78 is 20.5. The van der Waals surface area contributed by atoms with Crippen LogP contribution in [0.1, 0.15) is 12.5 Å². The molecule has 0 heterocycles. The van der Waals surface area contributed by atoms with Gasteiger partial charge in [-0.25, -0.2) is 4.79 Å². The standard InChI is InChI=1S/C10H13ClNO5P/c1-2-16-10(13)12-17-18(14,15)7-8-3-5-9(11)6-4-8/h3-6H,2,7H2,1H3,(H,12,13)(H,14,15). The molecule has 0 bridgehead atoms. The van der Waals surface area contributed by atoms with Crippen molar-refractivity contribution in [1.82, 2.24) is 5.48 Å². The van der Waals surface area contributed by atoms with Gasteiger partial charge in [-0.1, -0.05) is 23.7 Å². The lowest BCUT2D eigenvalue weighted by Gasteiger charge is -2.12. The molecule has 0 aromatic heterocycles. The van der Waals surface area contributed by atoms with Crippen molar-refractivity contribution in [2.75, 3.05) is 6.61 Å². The van der Waals surface area contributed by atoms with Crippen molar-refractivity contribution in [3.8, 4) is 0 Å². The van der Waals surface area contributed by atoms with Gasteiger partial charge in [-0.05, 0) is 24.6 Å². The molecular formula is C10H13ClNO5P. The minimum atomic E-state index is -3.96. The number of carbonyl (C=O) groups excluding carboxylic acids is 1. The average molecular weight is 294 g/mol. The van der Waals surface area contributed by atoms with Gasteiger partial charge in [-0.15, -0.1) is 0 Å². The van der Waals surface area contributed by atoms with Crippen molar-refractivity contribution in [3.05, 3.63) is 34.9 Å². The van der Waals surface area contributed by atoms with Gasteiger partial charge in [0.15, 0.2) is 0 Å². The maximum absolute atomic E-state index is 11.6. The zero-order valence-corrected chi connectivity index (χ0v) is 11.3. The smallest absolute Gasteiger partial charge is 0.431 e. The lowest BCUT2D eigenvalue weighted by atomic mass is 10.2. The summed E-state index contributed by atoms with van der Waals surface area (Å²) >= 11 is 5.68. The first-order valence-electron chi connectivity index (χ1n) is 5.10. The highest BCUT2D eigenvalue weighted by Gasteiger charge is 2.22. The van der Waals surface area contributed by atoms with Crippen molar-refractivity contribution in [2.45, 2.75) is 13.1 Å². The molecular weight excluding hydrogens is 281 g/mol. The van der Waals surface area contributed by atoms with E-state index in [-0.39, 0.29) is 12.8 Å². The molecule has 1 aromatic rings. The van der Waals surface area contributed by atoms with Crippen molar-refractivity contribution in [2.24, 2.45) is 0 Å². The van der Waals surface area contributed by atoms with Gasteiger partial charge in [0.2, 0.25) is 0 Å². The number of hydroxylamine groups is 1. The van der Waals surface area contributed by atoms with Gasteiger partial charge in [0.25, 0.3) is 0 Å². The fourth-order valence-electron chi connectivity index (χ4n) is 1.12. The molecule has 0 saturated heterocycles. The molecule has 8 heteroatoms. The van der Waals surface area contributed by atoms with Gasteiger partial charge in [-0.2, -0.15) is 10.1 Å². The molecule has 0 aliphatic rings. The van der Waals surface area contributed by atoms with Crippen molar-refractivity contribution in [1.29, 1.82) is 0 Å². The van der Waals surface area contributed by atoms with Crippen LogP contribution in [0.2, 0.25) is 5.02 Å². The Labute approximate surface area is 109 Å². The molecule has 0 radical (unpaired) electrons. The Morgan fingerprint density at radius 3 is 2.61 bits per heavy atom. The van der Waals surface area contributed by atoms with Crippen molar-refractivity contribution in [3.63, 3.8) is 0 Å². The normalized spacial score (nSPS) is 13.7. The third kappa shape index (κ3) is 5.51. The molecule has 100 valence electrons. The Morgan fingerprint density at radius 2 is 2.06 bits per heavy atom. The Bertz CT molecular complexity index is 450. The van der Waals surface area contributed by atoms with Gasteiger partial charge in [-0.3, -0.25) is 4.57 Å². The van der Waals surface area contributed by atoms with Crippen LogP contribution in [0.25, 0.3) is 0 Å². The summed E-state index contributed by atoms with van der Waals surface area (Å²) in [7, 11) is -3.96. The topological polar surface area (TPSA) is 84.9 Å². The highest BCUT2D eigenvalue weighted by Crippen LogP contribution is 2.44. The second-order valence-electron chi connectivity index (χ2n) is 3.34. The van der Waals surface area contributed by atoms with Gasteiger partial charge in [0.05, 0.1) is 12.8 Å². The fraction of sp³-hybridized carbons (Fsp3) is 0.300. The van der Waals surface area contributed by atoms with Crippen LogP contribution in [-0.4, -0.2) is 17.6 Å². The van der Waals surface area contributed by atoms with E-state index in [1.807, 2.05) is 0 Å². The van der Waals surface area contributed by atoms with E-state index in [0.717, 1.165) is 0 Å². The average Bonchev–Trinajstić information content (AvgIpc) is 2.30. The number of carbonyl (C=O) groups is 1. The van der Waals surface area contributed by atoms with Crippen LogP contribution in [-0.2, 0) is 20.1 Å². The van der Waals surface area contributed by atoms with Crippen LogP contribution < -0.4 is 5.48 Å². The third-order valence-corrected chi connectivity index (χ3v) is 3.24. The highest BCUT2D eigenvalue weighted by atomic mass is 35.5. The van der Waals surface area contributed by atoms with Crippen molar-refractivity contribution >= 4 is 25.3 Å². The Hall–Kier alpha value is -1.07. The second kappa shape index (κ2) is 6.75. The summed E-state index contributed by atoms with van der Waals surface area (Å²) in [4.78, 5) is 20.4. The molecule has 18 heavy (non-hydrogen) atoms. The Kier molecular flexibility index (Phi) is 5.62. The van der Waals surface area contributed by atoms with Gasteiger partial charge < -0.3 is 9.63 Å². The predicted molar refractivity (Wildman–Crippen MR) is 66.2 cm³/mol. The summed E-state index contributed by atoms with van der Waals surface area (Å²) in [6, 6.07) is 6.38. The summed E-state index contributed by atoms with van der Waals surface area (Å²) in [6.45, 7) is 1.74. The van der Waals surface area contributed by atoms with Crippen LogP contribution in [0, 0.1) is 0 Å². The number of ether oxygens (including phenoxy) is 1. The van der Waals surface area contributed by atoms with E-state index in [9.17, 15) is 14.3 Å². The molecule has 0 fully saturated rings. The lowest BCUT2D eigenvalue weighted by molar-refractivity contribution is 0.0967. The molecule has 1 rings (SSSR count). The van der Waals surface area contributed by atoms with E-state index in [4.69, 9.17) is 11.6 Å². The SMILES string of the molecule is CCOC(=O)NOP(=O)(O)Cc1ccc(Cl)cc1. The number of hydrogen-bond acceptors (Lipinski definition) is 4.